The molecule has 1 rings (SSSR count). The smallest absolute Gasteiger partial charge is 0.251 e. The zero-order valence-corrected chi connectivity index (χ0v) is 35.1. The molecule has 0 aliphatic carbocycles. The van der Waals surface area contributed by atoms with Gasteiger partial charge in [-0.3, -0.25) is 23.7 Å². The quantitative estimate of drug-likeness (QED) is 0.0435. The van der Waals surface area contributed by atoms with Gasteiger partial charge in [-0.2, -0.15) is 0 Å². The highest BCUT2D eigenvalue weighted by molar-refractivity contribution is 7.52. The summed E-state index contributed by atoms with van der Waals surface area (Å²) in [7, 11) is -4.19. The summed E-state index contributed by atoms with van der Waals surface area (Å²) in [4.78, 5) is 65.3. The Labute approximate surface area is 355 Å². The summed E-state index contributed by atoms with van der Waals surface area (Å²) >= 11 is 0. The van der Waals surface area contributed by atoms with E-state index in [0.717, 1.165) is 0 Å². The molecule has 0 aliphatic heterocycles. The molecule has 0 aromatic heterocycles. The molecule has 4 N–H and O–H groups in total. The number of hydrogen-bond acceptors (Lipinski definition) is 13. The van der Waals surface area contributed by atoms with Gasteiger partial charge in [0.2, 0.25) is 17.7 Å². The van der Waals surface area contributed by atoms with E-state index < -0.39 is 24.7 Å². The van der Waals surface area contributed by atoms with Crippen LogP contribution in [0, 0.1) is 37.0 Å². The summed E-state index contributed by atoms with van der Waals surface area (Å²) < 4.78 is 49.3. The molecule has 17 nitrogen and oxygen atoms in total. The van der Waals surface area contributed by atoms with Crippen LogP contribution < -0.4 is 30.7 Å². The molecule has 0 fully saturated rings. The number of hydrogen-bond donors (Lipinski definition) is 4. The molecule has 336 valence electrons. The molecular formula is C42H64N4O13P-. The fourth-order valence-corrected chi connectivity index (χ4v) is 5.59. The first-order valence-electron chi connectivity index (χ1n) is 19.4. The highest BCUT2D eigenvalue weighted by atomic mass is 31.2. The lowest BCUT2D eigenvalue weighted by atomic mass is 9.82. The Morgan fingerprint density at radius 2 is 0.983 bits per heavy atom. The van der Waals surface area contributed by atoms with Gasteiger partial charge in [0, 0.05) is 55.7 Å². The van der Waals surface area contributed by atoms with Crippen molar-refractivity contribution in [3.8, 4) is 42.8 Å². The summed E-state index contributed by atoms with van der Waals surface area (Å²) in [5.74, 6) is 5.50. The highest BCUT2D eigenvalue weighted by Crippen LogP contribution is 2.43. The third-order valence-corrected chi connectivity index (χ3v) is 9.96. The summed E-state index contributed by atoms with van der Waals surface area (Å²) in [5.41, 5.74) is -1.84. The Kier molecular flexibility index (Phi) is 31.7. The zero-order chi connectivity index (χ0) is 43.6. The Bertz CT molecular complexity index is 1440. The van der Waals surface area contributed by atoms with Crippen molar-refractivity contribution in [2.45, 2.75) is 71.0 Å². The van der Waals surface area contributed by atoms with E-state index in [-0.39, 0.29) is 154 Å². The summed E-state index contributed by atoms with van der Waals surface area (Å²) in [6.07, 6.45) is 15.4. The lowest BCUT2D eigenvalue weighted by molar-refractivity contribution is -0.192. The molecule has 0 heterocycles. The summed E-state index contributed by atoms with van der Waals surface area (Å²) in [5, 5.41) is 11.3. The van der Waals surface area contributed by atoms with E-state index in [1.54, 1.807) is 0 Å². The minimum Gasteiger partial charge on any atom is -0.769 e. The van der Waals surface area contributed by atoms with Gasteiger partial charge in [0.15, 0.2) is 7.60 Å². The maximum absolute atomic E-state index is 13.8. The average molecular weight is 864 g/mol. The third-order valence-electron chi connectivity index (χ3n) is 8.23. The Hall–Kier alpha value is -4.47. The first-order chi connectivity index (χ1) is 28.4. The number of benzene rings is 1. The molecule has 1 aromatic rings. The number of ether oxygens (including phenoxy) is 6. The van der Waals surface area contributed by atoms with Crippen molar-refractivity contribution in [3.05, 3.63) is 29.8 Å². The topological polar surface area (TPSA) is 221 Å². The number of amides is 4. The standard InChI is InChI=1S/C41H61N4O13P.CH4/c1-6-22-52-28-31-55-25-19-42-37(46)13-16-41(17-14-38(47)43-20-26-56-32-29-53-23-7-2,18-15-39(48)44-21-27-57-33-30-54-24-8-3)45-40(49)35-9-11-36(12-10-35)58-59(50,51)34(4)5;/h1-3,9-12,34H,13-33H2,4-5H3,(H,42,46)(H,43,47)(H,44,48)(H,45,49)(H,50,51);1H4/p-1. The second-order valence-corrected chi connectivity index (χ2v) is 15.4. The van der Waals surface area contributed by atoms with Gasteiger partial charge in [-0.1, -0.05) is 39.0 Å². The predicted molar refractivity (Wildman–Crippen MR) is 225 cm³/mol. The molecule has 1 atom stereocenters. The normalized spacial score (nSPS) is 11.8. The molecule has 0 bridgehead atoms. The second kappa shape index (κ2) is 34.3. The van der Waals surface area contributed by atoms with E-state index in [4.69, 9.17) is 52.2 Å². The van der Waals surface area contributed by atoms with Crippen molar-refractivity contribution in [2.75, 3.05) is 98.9 Å². The lowest BCUT2D eigenvalue weighted by Crippen LogP contribution is -2.50. The van der Waals surface area contributed by atoms with Crippen LogP contribution in [0.5, 0.6) is 5.75 Å². The van der Waals surface area contributed by atoms with Crippen LogP contribution in [0.2, 0.25) is 0 Å². The minimum atomic E-state index is -4.19. The average Bonchev–Trinajstić information content (AvgIpc) is 3.21. The van der Waals surface area contributed by atoms with Gasteiger partial charge in [0.05, 0.1) is 59.5 Å². The molecule has 0 radical (unpaired) electrons. The number of carbonyl (C=O) groups is 4. The largest absolute Gasteiger partial charge is 0.769 e. The molecule has 0 saturated heterocycles. The maximum atomic E-state index is 13.8. The molecule has 0 aliphatic rings. The van der Waals surface area contributed by atoms with Crippen LogP contribution in [0.4, 0.5) is 0 Å². The van der Waals surface area contributed by atoms with Crippen LogP contribution in [-0.4, -0.2) is 134 Å². The Balaban J connectivity index is 0.0000348. The van der Waals surface area contributed by atoms with Crippen LogP contribution in [0.1, 0.15) is 70.2 Å². The molecule has 1 unspecified atom stereocenters. The van der Waals surface area contributed by atoms with Crippen LogP contribution in [0.25, 0.3) is 0 Å². The summed E-state index contributed by atoms with van der Waals surface area (Å²) in [6.45, 7) is 6.53. The molecule has 1 aromatic carbocycles. The van der Waals surface area contributed by atoms with Crippen molar-refractivity contribution in [2.24, 2.45) is 0 Å². The highest BCUT2D eigenvalue weighted by Gasteiger charge is 2.34. The van der Waals surface area contributed by atoms with Crippen molar-refractivity contribution < 1.29 is 61.6 Å². The number of carbonyl (C=O) groups excluding carboxylic acids is 4. The molecular weight excluding hydrogens is 799 g/mol. The van der Waals surface area contributed by atoms with Crippen LogP contribution in [0.3, 0.4) is 0 Å². The zero-order valence-electron chi connectivity index (χ0n) is 34.2. The van der Waals surface area contributed by atoms with E-state index in [2.05, 4.69) is 39.0 Å². The first-order valence-corrected chi connectivity index (χ1v) is 21.0. The van der Waals surface area contributed by atoms with Crippen molar-refractivity contribution in [1.82, 2.24) is 21.3 Å². The Morgan fingerprint density at radius 3 is 1.32 bits per heavy atom. The predicted octanol–water partition coefficient (Wildman–Crippen LogP) is 1.82. The molecule has 18 heteroatoms. The molecule has 0 spiro atoms. The fourth-order valence-electron chi connectivity index (χ4n) is 4.96. The Morgan fingerprint density at radius 1 is 0.633 bits per heavy atom. The van der Waals surface area contributed by atoms with E-state index in [9.17, 15) is 28.6 Å². The van der Waals surface area contributed by atoms with Crippen molar-refractivity contribution in [1.29, 1.82) is 0 Å². The van der Waals surface area contributed by atoms with Crippen LogP contribution in [-0.2, 0) is 47.4 Å². The SMILES string of the molecule is C.C#CCOCCOCCNC(=O)CCC(CCC(=O)NCCOCCOCC#C)(CCC(=O)NCCOCCOCC#C)NC(=O)c1ccc(OP(=O)([O-])C(C)C)cc1. The minimum absolute atomic E-state index is 0. The lowest BCUT2D eigenvalue weighted by Gasteiger charge is -2.35. The van der Waals surface area contributed by atoms with Gasteiger partial charge < -0.3 is 59.1 Å². The number of nitrogens with one attached hydrogen (secondary N) is 4. The first kappa shape index (κ1) is 55.5. The third kappa shape index (κ3) is 27.3. The monoisotopic (exact) mass is 863 g/mol. The maximum Gasteiger partial charge on any atom is 0.251 e. The molecule has 60 heavy (non-hydrogen) atoms. The van der Waals surface area contributed by atoms with Crippen molar-refractivity contribution in [3.63, 3.8) is 0 Å². The van der Waals surface area contributed by atoms with E-state index in [1.165, 1.54) is 38.1 Å². The van der Waals surface area contributed by atoms with E-state index in [1.807, 2.05) is 0 Å². The number of rotatable bonds is 35. The van der Waals surface area contributed by atoms with E-state index >= 15 is 0 Å². The van der Waals surface area contributed by atoms with Crippen LogP contribution >= 0.6 is 7.60 Å². The van der Waals surface area contributed by atoms with Gasteiger partial charge in [-0.05, 0) is 43.5 Å². The van der Waals surface area contributed by atoms with Crippen LogP contribution in [0.15, 0.2) is 24.3 Å². The van der Waals surface area contributed by atoms with Gasteiger partial charge >= 0.3 is 0 Å². The van der Waals surface area contributed by atoms with Crippen molar-refractivity contribution >= 4 is 31.2 Å². The number of terminal acetylenes is 3. The van der Waals surface area contributed by atoms with Gasteiger partial charge in [-0.15, -0.1) is 19.3 Å². The van der Waals surface area contributed by atoms with Gasteiger partial charge in [-0.25, -0.2) is 0 Å². The summed E-state index contributed by atoms with van der Waals surface area (Å²) in [6, 6.07) is 5.50. The van der Waals surface area contributed by atoms with E-state index in [0.29, 0.717) is 19.8 Å². The fraction of sp³-hybridized carbons (Fsp3) is 0.619. The molecule has 0 saturated carbocycles. The second-order valence-electron chi connectivity index (χ2n) is 13.1. The van der Waals surface area contributed by atoms with Gasteiger partial charge in [0.25, 0.3) is 5.91 Å². The van der Waals surface area contributed by atoms with Gasteiger partial charge in [0.1, 0.15) is 25.6 Å². The molecule has 4 amide bonds.